The van der Waals surface area contributed by atoms with Crippen molar-refractivity contribution in [2.45, 2.75) is 31.7 Å². The van der Waals surface area contributed by atoms with Gasteiger partial charge in [-0.1, -0.05) is 6.07 Å². The van der Waals surface area contributed by atoms with Crippen molar-refractivity contribution in [3.63, 3.8) is 0 Å². The molecule has 2 aromatic rings. The van der Waals surface area contributed by atoms with Crippen molar-refractivity contribution < 1.29 is 26.4 Å². The number of hydrogen-bond donors (Lipinski definition) is 1. The highest BCUT2D eigenvalue weighted by molar-refractivity contribution is 7.91. The van der Waals surface area contributed by atoms with Crippen LogP contribution in [0.3, 0.4) is 0 Å². The normalized spacial score (nSPS) is 23.9. The molecule has 1 aromatic carbocycles. The van der Waals surface area contributed by atoms with Crippen LogP contribution in [-0.4, -0.2) is 35.6 Å². The minimum Gasteiger partial charge on any atom is -0.311 e. The fourth-order valence-electron chi connectivity index (χ4n) is 3.88. The van der Waals surface area contributed by atoms with Crippen LogP contribution in [0.1, 0.15) is 41.6 Å². The Morgan fingerprint density at radius 1 is 1.22 bits per heavy atom. The lowest BCUT2D eigenvalue weighted by molar-refractivity contribution is -0.116. The van der Waals surface area contributed by atoms with Crippen LogP contribution in [0.2, 0.25) is 0 Å². The lowest BCUT2D eigenvalue weighted by Crippen LogP contribution is -2.27. The second-order valence-corrected chi connectivity index (χ2v) is 9.15. The number of aryl methyl sites for hydroxylation is 1. The number of nitrogens with zero attached hydrogens (tertiary/aromatic N) is 2. The number of benzene rings is 1. The second kappa shape index (κ2) is 6.08. The molecule has 10 heteroatoms. The molecule has 1 fully saturated rings. The Labute approximate surface area is 153 Å². The highest BCUT2D eigenvalue weighted by Crippen LogP contribution is 2.42. The molecule has 2 aliphatic rings. The van der Waals surface area contributed by atoms with E-state index in [0.29, 0.717) is 23.5 Å². The number of amides is 1. The molecule has 1 aromatic heterocycles. The van der Waals surface area contributed by atoms with Crippen molar-refractivity contribution in [2.75, 3.05) is 16.8 Å². The second-order valence-electron chi connectivity index (χ2n) is 6.92. The number of hydrogen-bond acceptors (Lipinski definition) is 4. The van der Waals surface area contributed by atoms with Gasteiger partial charge in [0.05, 0.1) is 23.2 Å². The van der Waals surface area contributed by atoms with E-state index in [2.05, 4.69) is 10.4 Å². The summed E-state index contributed by atoms with van der Waals surface area (Å²) in [6.45, 7) is 1.65. The molecule has 0 bridgehead atoms. The van der Waals surface area contributed by atoms with E-state index in [1.807, 2.05) is 0 Å². The molecule has 3 heterocycles. The number of fused-ring (bicyclic) bond motifs is 1. The zero-order chi connectivity index (χ0) is 19.5. The van der Waals surface area contributed by atoms with Crippen LogP contribution >= 0.6 is 0 Å². The average Bonchev–Trinajstić information content (AvgIpc) is 3.12. The summed E-state index contributed by atoms with van der Waals surface area (Å²) in [5.41, 5.74) is 0.832. The smallest absolute Gasteiger partial charge is 0.226 e. The van der Waals surface area contributed by atoms with Crippen LogP contribution in [0.4, 0.5) is 19.0 Å². The molecular formula is C17H16F3N3O3S. The summed E-state index contributed by atoms with van der Waals surface area (Å²) in [5.74, 6) is -5.28. The van der Waals surface area contributed by atoms with Crippen LogP contribution < -0.4 is 5.32 Å². The summed E-state index contributed by atoms with van der Waals surface area (Å²) in [7, 11) is -3.18. The van der Waals surface area contributed by atoms with Gasteiger partial charge in [0.25, 0.3) is 0 Å². The lowest BCUT2D eigenvalue weighted by atomic mass is 9.85. The first-order chi connectivity index (χ1) is 12.7. The van der Waals surface area contributed by atoms with E-state index in [4.69, 9.17) is 0 Å². The van der Waals surface area contributed by atoms with E-state index in [1.54, 1.807) is 6.92 Å². The van der Waals surface area contributed by atoms with E-state index >= 15 is 0 Å². The standard InChI is InChI=1S/C17H16F3N3O3S/c1-8-14-11(10-2-3-12(18)16(20)15(10)19)6-13(24)21-17(14)23(22-8)9-4-5-27(25,26)7-9/h2-3,9,11H,4-7H2,1H3,(H,21,24)/t9-,11+/m0/s1. The molecule has 2 aliphatic heterocycles. The number of anilines is 1. The third-order valence-electron chi connectivity index (χ3n) is 5.12. The predicted molar refractivity (Wildman–Crippen MR) is 90.7 cm³/mol. The number of rotatable bonds is 2. The van der Waals surface area contributed by atoms with Crippen LogP contribution in [0.25, 0.3) is 0 Å². The van der Waals surface area contributed by atoms with Crippen molar-refractivity contribution in [3.05, 3.63) is 46.4 Å². The third kappa shape index (κ3) is 2.91. The maximum Gasteiger partial charge on any atom is 0.226 e. The molecule has 1 N–H and O–H groups in total. The molecule has 27 heavy (non-hydrogen) atoms. The number of carbonyl (C=O) groups is 1. The van der Waals surface area contributed by atoms with Crippen LogP contribution in [0.15, 0.2) is 12.1 Å². The van der Waals surface area contributed by atoms with Gasteiger partial charge in [-0.05, 0) is 25.0 Å². The fourth-order valence-corrected chi connectivity index (χ4v) is 5.57. The fraction of sp³-hybridized carbons (Fsp3) is 0.412. The number of sulfone groups is 1. The minimum absolute atomic E-state index is 0.0283. The topological polar surface area (TPSA) is 81.1 Å². The van der Waals surface area contributed by atoms with Crippen molar-refractivity contribution in [1.29, 1.82) is 0 Å². The number of aromatic nitrogens is 2. The van der Waals surface area contributed by atoms with E-state index in [-0.39, 0.29) is 23.5 Å². The zero-order valence-corrected chi connectivity index (χ0v) is 15.1. The molecular weight excluding hydrogens is 383 g/mol. The van der Waals surface area contributed by atoms with Crippen LogP contribution in [0, 0.1) is 24.4 Å². The Morgan fingerprint density at radius 3 is 2.63 bits per heavy atom. The van der Waals surface area contributed by atoms with Gasteiger partial charge in [0.1, 0.15) is 5.82 Å². The van der Waals surface area contributed by atoms with E-state index in [0.717, 1.165) is 12.1 Å². The Kier molecular flexibility index (Phi) is 4.06. The average molecular weight is 399 g/mol. The van der Waals surface area contributed by atoms with Gasteiger partial charge in [0.2, 0.25) is 5.91 Å². The van der Waals surface area contributed by atoms with Crippen LogP contribution in [-0.2, 0) is 14.6 Å². The van der Waals surface area contributed by atoms with Crippen molar-refractivity contribution in [3.8, 4) is 0 Å². The van der Waals surface area contributed by atoms with Crippen molar-refractivity contribution in [2.24, 2.45) is 0 Å². The third-order valence-corrected chi connectivity index (χ3v) is 6.87. The molecule has 6 nitrogen and oxygen atoms in total. The molecule has 1 amide bonds. The maximum atomic E-state index is 14.4. The largest absolute Gasteiger partial charge is 0.311 e. The first-order valence-corrected chi connectivity index (χ1v) is 10.2. The summed E-state index contributed by atoms with van der Waals surface area (Å²) in [4.78, 5) is 12.2. The number of nitrogens with one attached hydrogen (secondary N) is 1. The van der Waals surface area contributed by atoms with Gasteiger partial charge in [-0.25, -0.2) is 26.3 Å². The van der Waals surface area contributed by atoms with Gasteiger partial charge in [-0.2, -0.15) is 5.10 Å². The highest BCUT2D eigenvalue weighted by atomic mass is 32.2. The van der Waals surface area contributed by atoms with Gasteiger partial charge >= 0.3 is 0 Å². The molecule has 144 valence electrons. The summed E-state index contributed by atoms with van der Waals surface area (Å²) < 4.78 is 66.4. The molecule has 4 rings (SSSR count). The number of carbonyl (C=O) groups excluding carboxylic acids is 1. The van der Waals surface area contributed by atoms with E-state index < -0.39 is 45.2 Å². The highest BCUT2D eigenvalue weighted by Gasteiger charge is 2.38. The van der Waals surface area contributed by atoms with Gasteiger partial charge in [0.15, 0.2) is 27.3 Å². The maximum absolute atomic E-state index is 14.4. The molecule has 1 saturated heterocycles. The van der Waals surface area contributed by atoms with Crippen LogP contribution in [0.5, 0.6) is 0 Å². The number of halogens is 3. The predicted octanol–water partition coefficient (Wildman–Crippen LogP) is 2.44. The minimum atomic E-state index is -3.18. The summed E-state index contributed by atoms with van der Waals surface area (Å²) in [6, 6.07) is 1.51. The molecule has 0 saturated carbocycles. The zero-order valence-electron chi connectivity index (χ0n) is 14.3. The van der Waals surface area contributed by atoms with E-state index in [9.17, 15) is 26.4 Å². The molecule has 0 aliphatic carbocycles. The quantitative estimate of drug-likeness (QED) is 0.787. The Balaban J connectivity index is 1.84. The SMILES string of the molecule is Cc1nn([C@H]2CCS(=O)(=O)C2)c2c1[C@@H](c1ccc(F)c(F)c1F)CC(=O)N2. The van der Waals surface area contributed by atoms with Gasteiger partial charge < -0.3 is 5.32 Å². The lowest BCUT2D eigenvalue weighted by Gasteiger charge is -2.25. The Morgan fingerprint density at radius 2 is 1.96 bits per heavy atom. The summed E-state index contributed by atoms with van der Waals surface area (Å²) in [6.07, 6.45) is 0.209. The summed E-state index contributed by atoms with van der Waals surface area (Å²) >= 11 is 0. The first kappa shape index (κ1) is 18.0. The molecule has 2 atom stereocenters. The van der Waals surface area contributed by atoms with Crippen molar-refractivity contribution >= 4 is 21.6 Å². The first-order valence-electron chi connectivity index (χ1n) is 8.40. The van der Waals surface area contributed by atoms with Gasteiger partial charge in [-0.3, -0.25) is 4.79 Å². The molecule has 0 radical (unpaired) electrons. The Hall–Kier alpha value is -2.36. The van der Waals surface area contributed by atoms with Gasteiger partial charge in [0, 0.05) is 17.9 Å². The van der Waals surface area contributed by atoms with E-state index in [1.165, 1.54) is 4.68 Å². The monoisotopic (exact) mass is 399 g/mol. The summed E-state index contributed by atoms with van der Waals surface area (Å²) in [5, 5.41) is 7.04. The molecule has 0 spiro atoms. The Bertz CT molecular complexity index is 1070. The van der Waals surface area contributed by atoms with Gasteiger partial charge in [-0.15, -0.1) is 0 Å². The molecule has 0 unspecified atom stereocenters. The van der Waals surface area contributed by atoms with Crippen molar-refractivity contribution in [1.82, 2.24) is 9.78 Å².